The van der Waals surface area contributed by atoms with Crippen LogP contribution in [0.15, 0.2) is 48.5 Å². The smallest absolute Gasteiger partial charge is 0.227 e. The normalized spacial score (nSPS) is 13.7. The minimum Gasteiger partial charge on any atom is -0.491 e. The highest BCUT2D eigenvalue weighted by molar-refractivity contribution is 7.80. The van der Waals surface area contributed by atoms with Crippen LogP contribution in [0.3, 0.4) is 0 Å². The van der Waals surface area contributed by atoms with Crippen LogP contribution in [0.5, 0.6) is 5.75 Å². The van der Waals surface area contributed by atoms with Gasteiger partial charge < -0.3 is 20.3 Å². The maximum absolute atomic E-state index is 11.9. The Morgan fingerprint density at radius 2 is 2.00 bits per heavy atom. The largest absolute Gasteiger partial charge is 0.491 e. The van der Waals surface area contributed by atoms with Crippen molar-refractivity contribution in [3.05, 3.63) is 54.1 Å². The van der Waals surface area contributed by atoms with E-state index in [0.717, 1.165) is 35.7 Å². The molecule has 0 aromatic heterocycles. The molecule has 142 valence electrons. The average Bonchev–Trinajstić information content (AvgIpc) is 3.07. The van der Waals surface area contributed by atoms with Crippen molar-refractivity contribution in [2.45, 2.75) is 39.3 Å². The Morgan fingerprint density at radius 1 is 1.22 bits per heavy atom. The fourth-order valence-corrected chi connectivity index (χ4v) is 3.19. The number of amides is 1. The Labute approximate surface area is 165 Å². The maximum Gasteiger partial charge on any atom is 0.227 e. The van der Waals surface area contributed by atoms with E-state index < -0.39 is 0 Å². The minimum absolute atomic E-state index is 0.151. The summed E-state index contributed by atoms with van der Waals surface area (Å²) in [4.78, 5) is 13.8. The third-order valence-corrected chi connectivity index (χ3v) is 4.48. The first-order chi connectivity index (χ1) is 13.0. The number of hydrogen-bond donors (Lipinski definition) is 2. The molecule has 0 aliphatic carbocycles. The second-order valence-electron chi connectivity index (χ2n) is 6.82. The van der Waals surface area contributed by atoms with Crippen molar-refractivity contribution in [1.29, 1.82) is 0 Å². The third kappa shape index (κ3) is 5.44. The number of carbonyl (C=O) groups excluding carboxylic acids is 1. The zero-order chi connectivity index (χ0) is 19.2. The second-order valence-corrected chi connectivity index (χ2v) is 7.23. The van der Waals surface area contributed by atoms with Crippen molar-refractivity contribution >= 4 is 34.6 Å². The third-order valence-electron chi connectivity index (χ3n) is 4.23. The molecule has 1 saturated heterocycles. The first kappa shape index (κ1) is 19.2. The van der Waals surface area contributed by atoms with Crippen LogP contribution in [-0.2, 0) is 11.3 Å². The lowest BCUT2D eigenvalue weighted by atomic mass is 10.2. The van der Waals surface area contributed by atoms with Crippen LogP contribution in [0.1, 0.15) is 32.3 Å². The van der Waals surface area contributed by atoms with Crippen molar-refractivity contribution in [2.24, 2.45) is 0 Å². The van der Waals surface area contributed by atoms with E-state index in [2.05, 4.69) is 10.6 Å². The summed E-state index contributed by atoms with van der Waals surface area (Å²) in [5.74, 6) is 1.03. The molecule has 1 aliphatic heterocycles. The van der Waals surface area contributed by atoms with Crippen molar-refractivity contribution < 1.29 is 9.53 Å². The molecule has 2 aromatic rings. The fraction of sp³-hybridized carbons (Fsp3) is 0.333. The van der Waals surface area contributed by atoms with Crippen LogP contribution >= 0.6 is 12.2 Å². The van der Waals surface area contributed by atoms with Gasteiger partial charge in [0.2, 0.25) is 5.91 Å². The topological polar surface area (TPSA) is 53.6 Å². The van der Waals surface area contributed by atoms with Gasteiger partial charge in [-0.1, -0.05) is 12.1 Å². The lowest BCUT2D eigenvalue weighted by molar-refractivity contribution is -0.117. The molecule has 0 bridgehead atoms. The van der Waals surface area contributed by atoms with Crippen LogP contribution in [0.4, 0.5) is 11.4 Å². The van der Waals surface area contributed by atoms with E-state index in [-0.39, 0.29) is 12.0 Å². The predicted molar refractivity (Wildman–Crippen MR) is 113 cm³/mol. The van der Waals surface area contributed by atoms with Gasteiger partial charge in [0.25, 0.3) is 0 Å². The van der Waals surface area contributed by atoms with Crippen molar-refractivity contribution in [1.82, 2.24) is 5.32 Å². The highest BCUT2D eigenvalue weighted by Gasteiger charge is 2.21. The minimum atomic E-state index is 0.151. The molecule has 5 nitrogen and oxygen atoms in total. The molecule has 1 heterocycles. The quantitative estimate of drug-likeness (QED) is 0.736. The monoisotopic (exact) mass is 383 g/mol. The van der Waals surface area contributed by atoms with Gasteiger partial charge in [-0.25, -0.2) is 0 Å². The molecule has 2 aromatic carbocycles. The average molecular weight is 384 g/mol. The summed E-state index contributed by atoms with van der Waals surface area (Å²) in [6.45, 7) is 5.39. The highest BCUT2D eigenvalue weighted by Crippen LogP contribution is 2.22. The lowest BCUT2D eigenvalue weighted by Crippen LogP contribution is -2.28. The number of hydrogen-bond acceptors (Lipinski definition) is 3. The van der Waals surface area contributed by atoms with E-state index in [1.54, 1.807) is 0 Å². The summed E-state index contributed by atoms with van der Waals surface area (Å²) in [6, 6.07) is 15.7. The Morgan fingerprint density at radius 3 is 2.67 bits per heavy atom. The molecule has 0 saturated carbocycles. The van der Waals surface area contributed by atoms with E-state index in [9.17, 15) is 4.79 Å². The molecular formula is C21H25N3O2S. The number of nitrogens with zero attached hydrogens (tertiary/aromatic N) is 1. The summed E-state index contributed by atoms with van der Waals surface area (Å²) in [6.07, 6.45) is 1.71. The molecule has 0 spiro atoms. The van der Waals surface area contributed by atoms with Crippen molar-refractivity contribution in [3.8, 4) is 5.75 Å². The van der Waals surface area contributed by atoms with E-state index >= 15 is 0 Å². The molecule has 1 fully saturated rings. The van der Waals surface area contributed by atoms with Crippen LogP contribution in [-0.4, -0.2) is 23.7 Å². The first-order valence-electron chi connectivity index (χ1n) is 9.22. The fourth-order valence-electron chi connectivity index (χ4n) is 3.00. The predicted octanol–water partition coefficient (Wildman–Crippen LogP) is 4.09. The number of ether oxygens (including phenoxy) is 1. The zero-order valence-electron chi connectivity index (χ0n) is 15.7. The number of benzene rings is 2. The summed E-state index contributed by atoms with van der Waals surface area (Å²) in [5, 5.41) is 6.93. The van der Waals surface area contributed by atoms with Gasteiger partial charge in [0.1, 0.15) is 5.75 Å². The van der Waals surface area contributed by atoms with Gasteiger partial charge in [-0.2, -0.15) is 0 Å². The standard InChI is InChI=1S/C21H25N3O2S/c1-15(2)26-19-10-8-17(9-11-19)23-21(27)22-14-16-5-3-6-18(13-16)24-12-4-7-20(24)25/h3,5-6,8-11,13,15H,4,7,12,14H2,1-2H3,(H2,22,23,27). The molecule has 0 unspecified atom stereocenters. The zero-order valence-corrected chi connectivity index (χ0v) is 16.5. The SMILES string of the molecule is CC(C)Oc1ccc(NC(=S)NCc2cccc(N3CCCC3=O)c2)cc1. The number of nitrogens with one attached hydrogen (secondary N) is 2. The lowest BCUT2D eigenvalue weighted by Gasteiger charge is -2.17. The van der Waals surface area contributed by atoms with E-state index in [1.165, 1.54) is 0 Å². The highest BCUT2D eigenvalue weighted by atomic mass is 32.1. The molecule has 27 heavy (non-hydrogen) atoms. The number of carbonyl (C=O) groups is 1. The van der Waals surface area contributed by atoms with Gasteiger partial charge >= 0.3 is 0 Å². The second kappa shape index (κ2) is 8.86. The Balaban J connectivity index is 1.52. The molecule has 1 amide bonds. The van der Waals surface area contributed by atoms with Gasteiger partial charge in [0, 0.05) is 30.9 Å². The summed E-state index contributed by atoms with van der Waals surface area (Å²) in [5.41, 5.74) is 2.94. The van der Waals surface area contributed by atoms with Crippen LogP contribution in [0.25, 0.3) is 0 Å². The van der Waals surface area contributed by atoms with E-state index in [4.69, 9.17) is 17.0 Å². The molecule has 2 N–H and O–H groups in total. The molecule has 1 aliphatic rings. The molecule has 0 radical (unpaired) electrons. The summed E-state index contributed by atoms with van der Waals surface area (Å²) >= 11 is 5.38. The molecule has 6 heteroatoms. The van der Waals surface area contributed by atoms with Crippen LogP contribution < -0.4 is 20.3 Å². The van der Waals surface area contributed by atoms with Crippen LogP contribution in [0, 0.1) is 0 Å². The van der Waals surface area contributed by atoms with E-state index in [1.807, 2.05) is 67.3 Å². The summed E-state index contributed by atoms with van der Waals surface area (Å²) < 4.78 is 5.64. The Bertz CT molecular complexity index is 805. The number of anilines is 2. The molecule has 3 rings (SSSR count). The molecule has 0 atom stereocenters. The maximum atomic E-state index is 11.9. The summed E-state index contributed by atoms with van der Waals surface area (Å²) in [7, 11) is 0. The van der Waals surface area contributed by atoms with E-state index in [0.29, 0.717) is 18.1 Å². The van der Waals surface area contributed by atoms with Gasteiger partial charge in [-0.15, -0.1) is 0 Å². The van der Waals surface area contributed by atoms with Crippen LogP contribution in [0.2, 0.25) is 0 Å². The van der Waals surface area contributed by atoms with Gasteiger partial charge in [0.05, 0.1) is 6.10 Å². The van der Waals surface area contributed by atoms with Gasteiger partial charge in [0.15, 0.2) is 5.11 Å². The molecular weight excluding hydrogens is 358 g/mol. The number of rotatable bonds is 6. The van der Waals surface area contributed by atoms with Gasteiger partial charge in [-0.3, -0.25) is 4.79 Å². The Hall–Kier alpha value is -2.60. The number of thiocarbonyl (C=S) groups is 1. The first-order valence-corrected chi connectivity index (χ1v) is 9.63. The van der Waals surface area contributed by atoms with Crippen molar-refractivity contribution in [3.63, 3.8) is 0 Å². The van der Waals surface area contributed by atoms with Gasteiger partial charge in [-0.05, 0) is 74.4 Å². The van der Waals surface area contributed by atoms with Crippen molar-refractivity contribution in [2.75, 3.05) is 16.8 Å². The Kier molecular flexibility index (Phi) is 6.29.